The Morgan fingerprint density at radius 2 is 1.76 bits per heavy atom. The third-order valence-electron chi connectivity index (χ3n) is 6.61. The number of amides is 1. The molecule has 1 atom stereocenters. The number of hydrogen-bond acceptors (Lipinski definition) is 8. The van der Waals surface area contributed by atoms with E-state index in [4.69, 9.17) is 9.47 Å². The molecule has 1 aliphatic heterocycles. The van der Waals surface area contributed by atoms with Crippen LogP contribution in [0.5, 0.6) is 5.75 Å². The Morgan fingerprint density at radius 3 is 2.41 bits per heavy atom. The van der Waals surface area contributed by atoms with Crippen LogP contribution in [0.3, 0.4) is 0 Å². The number of rotatable bonds is 7. The van der Waals surface area contributed by atoms with Gasteiger partial charge in [0.1, 0.15) is 23.0 Å². The van der Waals surface area contributed by atoms with Gasteiger partial charge in [0.25, 0.3) is 5.78 Å². The van der Waals surface area contributed by atoms with Gasteiger partial charge in [-0.3, -0.25) is 14.5 Å². The van der Waals surface area contributed by atoms with Crippen molar-refractivity contribution in [3.8, 4) is 5.75 Å². The van der Waals surface area contributed by atoms with E-state index in [9.17, 15) is 19.5 Å². The largest absolute Gasteiger partial charge is 0.507 e. The molecule has 1 amide bonds. The molecule has 4 aromatic rings. The zero-order chi connectivity index (χ0) is 29.3. The topological polar surface area (TPSA) is 106 Å². The van der Waals surface area contributed by atoms with E-state index in [1.807, 2.05) is 43.3 Å². The maximum Gasteiger partial charge on any atom is 0.350 e. The van der Waals surface area contributed by atoms with Gasteiger partial charge in [0.15, 0.2) is 5.13 Å². The van der Waals surface area contributed by atoms with Gasteiger partial charge in [-0.15, -0.1) is 0 Å². The number of aryl methyl sites for hydroxylation is 2. The molecule has 8 nitrogen and oxygen atoms in total. The second-order valence-corrected chi connectivity index (χ2v) is 11.6. The number of thiazole rings is 1. The second-order valence-electron chi connectivity index (χ2n) is 9.43. The highest BCUT2D eigenvalue weighted by atomic mass is 127. The van der Waals surface area contributed by atoms with Gasteiger partial charge in [-0.05, 0) is 84.0 Å². The Kier molecular flexibility index (Phi) is 8.22. The number of ether oxygens (including phenoxy) is 2. The lowest BCUT2D eigenvalue weighted by atomic mass is 9.95. The third-order valence-corrected chi connectivity index (χ3v) is 8.46. The first-order chi connectivity index (χ1) is 19.7. The lowest BCUT2D eigenvalue weighted by Crippen LogP contribution is -2.29. The highest BCUT2D eigenvalue weighted by molar-refractivity contribution is 14.1. The number of halogens is 1. The Hall–Kier alpha value is -4.03. The molecule has 1 unspecified atom stereocenters. The minimum absolute atomic E-state index is 0.0721. The fourth-order valence-corrected chi connectivity index (χ4v) is 5.96. The number of Topliss-reactive ketones (excluding diaryl/α,β-unsaturated/α-hetero) is 1. The van der Waals surface area contributed by atoms with E-state index in [1.165, 1.54) is 12.0 Å². The number of carbonyl (C=O) groups is 3. The summed E-state index contributed by atoms with van der Waals surface area (Å²) in [5.41, 5.74) is 3.43. The van der Waals surface area contributed by atoms with Gasteiger partial charge in [0, 0.05) is 9.13 Å². The first kappa shape index (κ1) is 28.5. The summed E-state index contributed by atoms with van der Waals surface area (Å²) in [5.74, 6) is -2.01. The van der Waals surface area contributed by atoms with Crippen LogP contribution in [0.4, 0.5) is 5.13 Å². The summed E-state index contributed by atoms with van der Waals surface area (Å²) in [5, 5.41) is 11.6. The van der Waals surface area contributed by atoms with Crippen LogP contribution in [0, 0.1) is 17.4 Å². The Balaban J connectivity index is 1.52. The zero-order valence-electron chi connectivity index (χ0n) is 22.4. The van der Waals surface area contributed by atoms with Crippen LogP contribution in [0.15, 0.2) is 78.4 Å². The number of anilines is 1. The van der Waals surface area contributed by atoms with Crippen LogP contribution in [0.2, 0.25) is 0 Å². The molecule has 0 radical (unpaired) electrons. The number of aromatic nitrogens is 1. The molecule has 10 heteroatoms. The van der Waals surface area contributed by atoms with Crippen molar-refractivity contribution in [2.45, 2.75) is 26.5 Å². The molecule has 1 fully saturated rings. The molecular formula is C31H25IN2O6S. The smallest absolute Gasteiger partial charge is 0.350 e. The van der Waals surface area contributed by atoms with E-state index in [0.717, 1.165) is 26.0 Å². The SMILES string of the molecule is COC(=O)c1sc(N2C(=O)C(=O)C(=C(O)c3ccc(OCc4cccc(C)c4)cc3)C2c2ccc(I)cc2)nc1C. The van der Waals surface area contributed by atoms with Crippen LogP contribution in [0.1, 0.15) is 43.7 Å². The van der Waals surface area contributed by atoms with Crippen molar-refractivity contribution in [3.05, 3.63) is 115 Å². The van der Waals surface area contributed by atoms with Crippen molar-refractivity contribution in [3.63, 3.8) is 0 Å². The lowest BCUT2D eigenvalue weighted by molar-refractivity contribution is -0.132. The zero-order valence-corrected chi connectivity index (χ0v) is 25.4. The molecule has 1 aliphatic rings. The van der Waals surface area contributed by atoms with Crippen LogP contribution in [-0.2, 0) is 20.9 Å². The maximum atomic E-state index is 13.4. The average Bonchev–Trinajstić information content (AvgIpc) is 3.48. The number of benzene rings is 3. The first-order valence-corrected chi connectivity index (χ1v) is 14.5. The van der Waals surface area contributed by atoms with Gasteiger partial charge < -0.3 is 14.6 Å². The molecule has 3 aromatic carbocycles. The van der Waals surface area contributed by atoms with Crippen molar-refractivity contribution in [2.75, 3.05) is 12.0 Å². The van der Waals surface area contributed by atoms with Crippen LogP contribution in [-0.4, -0.2) is 34.9 Å². The molecule has 2 heterocycles. The van der Waals surface area contributed by atoms with Crippen molar-refractivity contribution in [1.82, 2.24) is 4.98 Å². The molecule has 5 rings (SSSR count). The summed E-state index contributed by atoms with van der Waals surface area (Å²) >= 11 is 3.12. The van der Waals surface area contributed by atoms with Gasteiger partial charge in [0.2, 0.25) is 0 Å². The minimum atomic E-state index is -0.958. The molecule has 208 valence electrons. The van der Waals surface area contributed by atoms with E-state index in [1.54, 1.807) is 43.3 Å². The van der Waals surface area contributed by atoms with E-state index in [-0.39, 0.29) is 21.3 Å². The van der Waals surface area contributed by atoms with Crippen LogP contribution in [0.25, 0.3) is 5.76 Å². The Bertz CT molecular complexity index is 1680. The molecule has 1 saturated heterocycles. The molecule has 0 bridgehead atoms. The van der Waals surface area contributed by atoms with Crippen LogP contribution < -0.4 is 9.64 Å². The maximum absolute atomic E-state index is 13.4. The summed E-state index contributed by atoms with van der Waals surface area (Å²) < 4.78 is 11.7. The monoisotopic (exact) mass is 680 g/mol. The van der Waals surface area contributed by atoms with E-state index in [2.05, 4.69) is 27.6 Å². The average molecular weight is 681 g/mol. The lowest BCUT2D eigenvalue weighted by Gasteiger charge is -2.23. The minimum Gasteiger partial charge on any atom is -0.507 e. The molecule has 0 aliphatic carbocycles. The fourth-order valence-electron chi connectivity index (χ4n) is 4.59. The molecule has 1 aromatic heterocycles. The normalized spacial score (nSPS) is 16.2. The molecule has 41 heavy (non-hydrogen) atoms. The van der Waals surface area contributed by atoms with Gasteiger partial charge in [0.05, 0.1) is 24.4 Å². The molecular weight excluding hydrogens is 655 g/mol. The number of ketones is 1. The molecule has 1 N–H and O–H groups in total. The van der Waals surface area contributed by atoms with Crippen molar-refractivity contribution >= 4 is 62.5 Å². The summed E-state index contributed by atoms with van der Waals surface area (Å²) in [6.07, 6.45) is 0. The number of aliphatic hydroxyl groups excluding tert-OH is 1. The van der Waals surface area contributed by atoms with Crippen molar-refractivity contribution < 1.29 is 29.0 Å². The number of aliphatic hydroxyl groups is 1. The van der Waals surface area contributed by atoms with E-state index in [0.29, 0.717) is 29.2 Å². The Morgan fingerprint density at radius 1 is 1.05 bits per heavy atom. The summed E-state index contributed by atoms with van der Waals surface area (Å²) in [6, 6.07) is 21.0. The van der Waals surface area contributed by atoms with Crippen molar-refractivity contribution in [1.29, 1.82) is 0 Å². The summed E-state index contributed by atoms with van der Waals surface area (Å²) in [6.45, 7) is 4.03. The van der Waals surface area contributed by atoms with E-state index < -0.39 is 23.7 Å². The summed E-state index contributed by atoms with van der Waals surface area (Å²) in [4.78, 5) is 45.0. The van der Waals surface area contributed by atoms with Crippen molar-refractivity contribution in [2.24, 2.45) is 0 Å². The quantitative estimate of drug-likeness (QED) is 0.0797. The predicted molar refractivity (Wildman–Crippen MR) is 164 cm³/mol. The standard InChI is InChI=1S/C31H25IN2O6S/c1-17-5-4-6-19(15-17)16-40-23-13-9-21(10-14-23)26(35)24-25(20-7-11-22(32)12-8-20)34(29(37)27(24)36)31-33-18(2)28(41-31)30(38)39-3/h4-15,25,35H,16H2,1-3H3. The predicted octanol–water partition coefficient (Wildman–Crippen LogP) is 6.36. The number of nitrogens with zero attached hydrogens (tertiary/aromatic N) is 2. The van der Waals surface area contributed by atoms with Crippen LogP contribution >= 0.6 is 33.9 Å². The highest BCUT2D eigenvalue weighted by Gasteiger charge is 2.48. The summed E-state index contributed by atoms with van der Waals surface area (Å²) in [7, 11) is 1.26. The second kappa shape index (κ2) is 11.8. The van der Waals surface area contributed by atoms with Gasteiger partial charge in [-0.25, -0.2) is 9.78 Å². The molecule has 0 spiro atoms. The Labute approximate surface area is 254 Å². The van der Waals surface area contributed by atoms with Gasteiger partial charge >= 0.3 is 11.9 Å². The van der Waals surface area contributed by atoms with Gasteiger partial charge in [-0.2, -0.15) is 0 Å². The number of hydrogen-bond donors (Lipinski definition) is 1. The highest BCUT2D eigenvalue weighted by Crippen LogP contribution is 2.44. The van der Waals surface area contributed by atoms with Gasteiger partial charge in [-0.1, -0.05) is 53.3 Å². The fraction of sp³-hybridized carbons (Fsp3) is 0.161. The first-order valence-electron chi connectivity index (χ1n) is 12.6. The number of esters is 1. The number of methoxy groups -OCH3 is 1. The van der Waals surface area contributed by atoms with E-state index >= 15 is 0 Å². The number of carbonyl (C=O) groups excluding carboxylic acids is 3. The molecule has 0 saturated carbocycles. The third kappa shape index (κ3) is 5.75.